The minimum atomic E-state index is -0.194. The van der Waals surface area contributed by atoms with Crippen LogP contribution in [0.25, 0.3) is 0 Å². The number of hydrogen-bond acceptors (Lipinski definition) is 0. The molecule has 0 aromatic heterocycles. The van der Waals surface area contributed by atoms with Gasteiger partial charge in [0.15, 0.2) is 0 Å². The summed E-state index contributed by atoms with van der Waals surface area (Å²) in [5.74, 6) is 0. The lowest BCUT2D eigenvalue weighted by molar-refractivity contribution is 0.671. The van der Waals surface area contributed by atoms with E-state index in [1.165, 1.54) is 37.3 Å². The van der Waals surface area contributed by atoms with Crippen molar-refractivity contribution in [2.75, 3.05) is 0 Å². The monoisotopic (exact) mass is 169 g/mol. The molecule has 0 fully saturated rings. The largest absolute Gasteiger partial charge is 0.104 e. The second-order valence-corrected chi connectivity index (χ2v) is 6.12. The summed E-state index contributed by atoms with van der Waals surface area (Å²) in [7, 11) is -0.194. The average molecular weight is 169 g/mol. The first-order valence-electron chi connectivity index (χ1n) is 4.66. The van der Waals surface area contributed by atoms with Gasteiger partial charge >= 0.3 is 0 Å². The third kappa shape index (κ3) is 6.36. The molecule has 0 unspecified atom stereocenters. The summed E-state index contributed by atoms with van der Waals surface area (Å²) in [6.07, 6.45) is 6.76. The van der Waals surface area contributed by atoms with Crippen molar-refractivity contribution in [2.24, 2.45) is 0 Å². The van der Waals surface area contributed by atoms with Crippen molar-refractivity contribution in [1.29, 1.82) is 0 Å². The highest BCUT2D eigenvalue weighted by molar-refractivity contribution is 6.63. The average Bonchev–Trinajstić information content (AvgIpc) is 1.97. The molecule has 1 radical (unpaired) electrons. The molecular weight excluding hydrogens is 148 g/mol. The van der Waals surface area contributed by atoms with E-state index in [2.05, 4.69) is 26.6 Å². The fourth-order valence-electron chi connectivity index (χ4n) is 1.02. The van der Waals surface area contributed by atoms with Crippen LogP contribution in [0.3, 0.4) is 0 Å². The van der Waals surface area contributed by atoms with Gasteiger partial charge in [-0.25, -0.2) is 0 Å². The zero-order chi connectivity index (χ0) is 8.69. The molecule has 0 rings (SSSR count). The smallest absolute Gasteiger partial charge is 0.0729 e. The first-order chi connectivity index (χ1) is 5.18. The van der Waals surface area contributed by atoms with Crippen molar-refractivity contribution >= 4 is 8.80 Å². The Morgan fingerprint density at radius 1 is 1.18 bits per heavy atom. The highest BCUT2D eigenvalue weighted by Gasteiger charge is 2.00. The SMILES string of the molecule is C=C(CCCCCC)[Si](C)C. The molecule has 0 atom stereocenters. The Balaban J connectivity index is 3.18. The highest BCUT2D eigenvalue weighted by Crippen LogP contribution is 2.10. The fraction of sp³-hybridized carbons (Fsp3) is 0.800. The molecule has 0 nitrogen and oxygen atoms in total. The van der Waals surface area contributed by atoms with Crippen molar-refractivity contribution in [1.82, 2.24) is 0 Å². The van der Waals surface area contributed by atoms with Crippen LogP contribution in [-0.2, 0) is 0 Å². The predicted molar refractivity (Wildman–Crippen MR) is 55.4 cm³/mol. The maximum absolute atomic E-state index is 4.10. The topological polar surface area (TPSA) is 0 Å². The molecule has 0 aromatic rings. The van der Waals surface area contributed by atoms with Gasteiger partial charge in [0, 0.05) is 0 Å². The minimum Gasteiger partial charge on any atom is -0.104 e. The van der Waals surface area contributed by atoms with E-state index in [0.29, 0.717) is 0 Å². The molecule has 0 aliphatic carbocycles. The Hall–Kier alpha value is -0.0431. The number of rotatable bonds is 6. The van der Waals surface area contributed by atoms with Crippen molar-refractivity contribution < 1.29 is 0 Å². The van der Waals surface area contributed by atoms with Crippen LogP contribution in [-0.4, -0.2) is 8.80 Å². The van der Waals surface area contributed by atoms with E-state index in [1.807, 2.05) is 0 Å². The van der Waals surface area contributed by atoms with E-state index < -0.39 is 0 Å². The van der Waals surface area contributed by atoms with Crippen LogP contribution < -0.4 is 0 Å². The molecule has 0 saturated carbocycles. The standard InChI is InChI=1S/C10H21Si/c1-5-6-7-8-9-10(2)11(3)4/h2,5-9H2,1,3-4H3. The second kappa shape index (κ2) is 6.65. The maximum atomic E-state index is 4.10. The molecule has 0 heterocycles. The third-order valence-electron chi connectivity index (χ3n) is 2.04. The fourth-order valence-corrected chi connectivity index (χ4v) is 1.69. The second-order valence-electron chi connectivity index (χ2n) is 3.41. The molecule has 0 aromatic carbocycles. The summed E-state index contributed by atoms with van der Waals surface area (Å²) in [4.78, 5) is 0. The normalized spacial score (nSPS) is 10.5. The van der Waals surface area contributed by atoms with Crippen LogP contribution in [0.4, 0.5) is 0 Å². The molecule has 0 amide bonds. The van der Waals surface area contributed by atoms with Gasteiger partial charge in [0.1, 0.15) is 0 Å². The van der Waals surface area contributed by atoms with Crippen LogP contribution in [0.15, 0.2) is 11.8 Å². The molecule has 11 heavy (non-hydrogen) atoms. The van der Waals surface area contributed by atoms with E-state index in [1.54, 1.807) is 0 Å². The van der Waals surface area contributed by atoms with Gasteiger partial charge in [-0.15, -0.1) is 6.58 Å². The van der Waals surface area contributed by atoms with Gasteiger partial charge in [0.05, 0.1) is 8.80 Å². The number of hydrogen-bond donors (Lipinski definition) is 0. The zero-order valence-electron chi connectivity index (χ0n) is 8.24. The summed E-state index contributed by atoms with van der Waals surface area (Å²) < 4.78 is 0. The van der Waals surface area contributed by atoms with Gasteiger partial charge in [-0.1, -0.05) is 44.5 Å². The van der Waals surface area contributed by atoms with Crippen LogP contribution >= 0.6 is 0 Å². The maximum Gasteiger partial charge on any atom is 0.0729 e. The van der Waals surface area contributed by atoms with E-state index in [-0.39, 0.29) is 8.80 Å². The summed E-state index contributed by atoms with van der Waals surface area (Å²) in [5.41, 5.74) is 0. The lowest BCUT2D eigenvalue weighted by atomic mass is 10.1. The van der Waals surface area contributed by atoms with E-state index in [9.17, 15) is 0 Å². The van der Waals surface area contributed by atoms with Gasteiger partial charge in [-0.3, -0.25) is 0 Å². The van der Waals surface area contributed by atoms with Crippen molar-refractivity contribution in [3.8, 4) is 0 Å². The zero-order valence-corrected chi connectivity index (χ0v) is 9.24. The first kappa shape index (κ1) is 11.0. The molecular formula is C10H21Si. The van der Waals surface area contributed by atoms with Crippen LogP contribution in [0.5, 0.6) is 0 Å². The lowest BCUT2D eigenvalue weighted by Crippen LogP contribution is -2.03. The molecule has 0 saturated heterocycles. The lowest BCUT2D eigenvalue weighted by Gasteiger charge is -2.06. The minimum absolute atomic E-state index is 0.194. The summed E-state index contributed by atoms with van der Waals surface area (Å²) in [6.45, 7) is 11.0. The quantitative estimate of drug-likeness (QED) is 0.419. The predicted octanol–water partition coefficient (Wildman–Crippen LogP) is 3.81. The van der Waals surface area contributed by atoms with Gasteiger partial charge in [-0.05, 0) is 12.8 Å². The van der Waals surface area contributed by atoms with Crippen molar-refractivity contribution in [3.05, 3.63) is 11.8 Å². The third-order valence-corrected chi connectivity index (χ3v) is 3.70. The van der Waals surface area contributed by atoms with Gasteiger partial charge in [0.25, 0.3) is 0 Å². The molecule has 65 valence electrons. The van der Waals surface area contributed by atoms with Crippen LogP contribution in [0.1, 0.15) is 39.0 Å². The van der Waals surface area contributed by atoms with Gasteiger partial charge in [-0.2, -0.15) is 0 Å². The van der Waals surface area contributed by atoms with Gasteiger partial charge < -0.3 is 0 Å². The highest BCUT2D eigenvalue weighted by atomic mass is 28.3. The van der Waals surface area contributed by atoms with E-state index in [4.69, 9.17) is 0 Å². The molecule has 0 spiro atoms. The molecule has 0 bridgehead atoms. The van der Waals surface area contributed by atoms with Crippen LogP contribution in [0.2, 0.25) is 13.1 Å². The van der Waals surface area contributed by atoms with Gasteiger partial charge in [0.2, 0.25) is 0 Å². The summed E-state index contributed by atoms with van der Waals surface area (Å²) >= 11 is 0. The molecule has 0 aliphatic heterocycles. The summed E-state index contributed by atoms with van der Waals surface area (Å²) in [5, 5.41) is 1.52. The summed E-state index contributed by atoms with van der Waals surface area (Å²) in [6, 6.07) is 0. The Labute approximate surface area is 73.3 Å². The van der Waals surface area contributed by atoms with E-state index >= 15 is 0 Å². The van der Waals surface area contributed by atoms with Crippen molar-refractivity contribution in [3.63, 3.8) is 0 Å². The van der Waals surface area contributed by atoms with Crippen molar-refractivity contribution in [2.45, 2.75) is 52.1 Å². The number of unbranched alkanes of at least 4 members (excludes halogenated alkanes) is 3. The molecule has 0 N–H and O–H groups in total. The van der Waals surface area contributed by atoms with E-state index in [0.717, 1.165) is 0 Å². The molecule has 0 aliphatic rings. The Bertz CT molecular complexity index is 105. The Morgan fingerprint density at radius 3 is 2.27 bits per heavy atom. The van der Waals surface area contributed by atoms with Crippen LogP contribution in [0, 0.1) is 0 Å². The molecule has 1 heteroatoms. The first-order valence-corrected chi connectivity index (χ1v) is 7.16. The Kier molecular flexibility index (Phi) is 6.63. The Morgan fingerprint density at radius 2 is 1.82 bits per heavy atom. The number of allylic oxidation sites excluding steroid dienone is 1.